The average molecular weight is 276 g/mol. The summed E-state index contributed by atoms with van der Waals surface area (Å²) in [7, 11) is 1.30. The van der Waals surface area contributed by atoms with E-state index in [1.165, 1.54) is 18.2 Å². The molecular weight excluding hydrogens is 256 g/mol. The van der Waals surface area contributed by atoms with Gasteiger partial charge in [0, 0.05) is 13.0 Å². The Hall–Kier alpha value is -2.04. The third-order valence-electron chi connectivity index (χ3n) is 3.51. The minimum Gasteiger partial charge on any atom is -0.453 e. The first kappa shape index (κ1) is 14.4. The molecular formula is C15H20N2O3. The van der Waals surface area contributed by atoms with Crippen molar-refractivity contribution < 1.29 is 14.3 Å². The van der Waals surface area contributed by atoms with Gasteiger partial charge in [-0.2, -0.15) is 0 Å². The standard InChI is InChI=1S/C15H20N2O3/c1-20-15(19)16-10-9-14(18)17-13-8-4-6-11-5-2-3-7-12(11)13/h2-3,5,7,13H,4,6,8-10H2,1H3,(H,16,19)(H,17,18)/t13-/m0/s1. The van der Waals surface area contributed by atoms with E-state index in [1.807, 2.05) is 12.1 Å². The Morgan fingerprint density at radius 1 is 1.35 bits per heavy atom. The zero-order valence-electron chi connectivity index (χ0n) is 11.6. The molecule has 20 heavy (non-hydrogen) atoms. The Kier molecular flexibility index (Phi) is 4.98. The summed E-state index contributed by atoms with van der Waals surface area (Å²) in [6, 6.07) is 8.31. The molecule has 0 unspecified atom stereocenters. The van der Waals surface area contributed by atoms with Crippen LogP contribution < -0.4 is 10.6 Å². The molecule has 0 saturated heterocycles. The van der Waals surface area contributed by atoms with E-state index in [0.29, 0.717) is 0 Å². The number of hydrogen-bond donors (Lipinski definition) is 2. The van der Waals surface area contributed by atoms with Crippen molar-refractivity contribution in [2.75, 3.05) is 13.7 Å². The zero-order chi connectivity index (χ0) is 14.4. The fraction of sp³-hybridized carbons (Fsp3) is 0.467. The van der Waals surface area contributed by atoms with Gasteiger partial charge in [0.1, 0.15) is 0 Å². The third-order valence-corrected chi connectivity index (χ3v) is 3.51. The first-order valence-corrected chi connectivity index (χ1v) is 6.89. The van der Waals surface area contributed by atoms with Crippen LogP contribution in [0.25, 0.3) is 0 Å². The number of amides is 2. The first-order valence-electron chi connectivity index (χ1n) is 6.89. The molecule has 0 heterocycles. The van der Waals surface area contributed by atoms with Crippen LogP contribution in [0.3, 0.4) is 0 Å². The van der Waals surface area contributed by atoms with Crippen molar-refractivity contribution in [2.45, 2.75) is 31.7 Å². The lowest BCUT2D eigenvalue weighted by atomic mass is 9.88. The highest BCUT2D eigenvalue weighted by Gasteiger charge is 2.21. The molecule has 0 radical (unpaired) electrons. The number of ether oxygens (including phenoxy) is 1. The fourth-order valence-corrected chi connectivity index (χ4v) is 2.52. The predicted molar refractivity (Wildman–Crippen MR) is 75.3 cm³/mol. The molecule has 108 valence electrons. The Morgan fingerprint density at radius 3 is 2.95 bits per heavy atom. The van der Waals surface area contributed by atoms with Crippen LogP contribution in [0.1, 0.15) is 36.4 Å². The number of carbonyl (C=O) groups is 2. The summed E-state index contributed by atoms with van der Waals surface area (Å²) in [5, 5.41) is 5.53. The maximum Gasteiger partial charge on any atom is 0.406 e. The molecule has 5 heteroatoms. The summed E-state index contributed by atoms with van der Waals surface area (Å²) < 4.78 is 4.45. The molecule has 2 amide bonds. The van der Waals surface area contributed by atoms with Crippen LogP contribution in [0.2, 0.25) is 0 Å². The number of benzene rings is 1. The second-order valence-electron chi connectivity index (χ2n) is 4.88. The molecule has 0 aliphatic heterocycles. The number of hydrogen-bond acceptors (Lipinski definition) is 3. The quantitative estimate of drug-likeness (QED) is 0.883. The summed E-state index contributed by atoms with van der Waals surface area (Å²) in [4.78, 5) is 22.8. The van der Waals surface area contributed by atoms with Crippen LogP contribution in [-0.4, -0.2) is 25.7 Å². The van der Waals surface area contributed by atoms with Crippen LogP contribution in [0.5, 0.6) is 0 Å². The number of nitrogens with one attached hydrogen (secondary N) is 2. The second kappa shape index (κ2) is 6.93. The normalized spacial score (nSPS) is 16.9. The van der Waals surface area contributed by atoms with E-state index in [2.05, 4.69) is 27.5 Å². The van der Waals surface area contributed by atoms with Crippen molar-refractivity contribution in [1.82, 2.24) is 10.6 Å². The lowest BCUT2D eigenvalue weighted by Crippen LogP contribution is -2.34. The predicted octanol–water partition coefficient (Wildman–Crippen LogP) is 1.93. The summed E-state index contributed by atoms with van der Waals surface area (Å²) in [6.45, 7) is 0.285. The minimum atomic E-state index is -0.513. The molecule has 2 rings (SSSR count). The molecule has 1 aliphatic rings. The second-order valence-corrected chi connectivity index (χ2v) is 4.88. The Balaban J connectivity index is 1.85. The molecule has 0 bridgehead atoms. The maximum absolute atomic E-state index is 11.9. The van der Waals surface area contributed by atoms with Crippen LogP contribution in [0.15, 0.2) is 24.3 Å². The van der Waals surface area contributed by atoms with Gasteiger partial charge in [0.05, 0.1) is 13.2 Å². The smallest absolute Gasteiger partial charge is 0.406 e. The van der Waals surface area contributed by atoms with E-state index >= 15 is 0 Å². The SMILES string of the molecule is COC(=O)NCCC(=O)N[C@H]1CCCc2ccccc21. The monoisotopic (exact) mass is 276 g/mol. The van der Waals surface area contributed by atoms with E-state index in [9.17, 15) is 9.59 Å². The molecule has 1 atom stereocenters. The molecule has 1 aromatic rings. The molecule has 1 aromatic carbocycles. The third kappa shape index (κ3) is 3.73. The molecule has 1 aliphatic carbocycles. The summed E-state index contributed by atoms with van der Waals surface area (Å²) in [5.41, 5.74) is 2.53. The van der Waals surface area contributed by atoms with Crippen LogP contribution in [0.4, 0.5) is 4.79 Å². The number of rotatable bonds is 4. The van der Waals surface area contributed by atoms with E-state index in [0.717, 1.165) is 19.3 Å². The van der Waals surface area contributed by atoms with Crippen molar-refractivity contribution in [3.8, 4) is 0 Å². The highest BCUT2D eigenvalue weighted by atomic mass is 16.5. The van der Waals surface area contributed by atoms with Gasteiger partial charge in [-0.05, 0) is 30.4 Å². The van der Waals surface area contributed by atoms with Crippen molar-refractivity contribution >= 4 is 12.0 Å². The Labute approximate surface area is 118 Å². The molecule has 0 aromatic heterocycles. The van der Waals surface area contributed by atoms with Gasteiger partial charge in [-0.3, -0.25) is 4.79 Å². The minimum absolute atomic E-state index is 0.0527. The number of fused-ring (bicyclic) bond motifs is 1. The lowest BCUT2D eigenvalue weighted by molar-refractivity contribution is -0.121. The molecule has 2 N–H and O–H groups in total. The number of aryl methyl sites for hydroxylation is 1. The molecule has 5 nitrogen and oxygen atoms in total. The van der Waals surface area contributed by atoms with Gasteiger partial charge in [0.25, 0.3) is 0 Å². The first-order chi connectivity index (χ1) is 9.70. The molecule has 0 saturated carbocycles. The molecule has 0 spiro atoms. The Morgan fingerprint density at radius 2 is 2.15 bits per heavy atom. The highest BCUT2D eigenvalue weighted by molar-refractivity contribution is 5.77. The summed E-state index contributed by atoms with van der Waals surface area (Å²) >= 11 is 0. The van der Waals surface area contributed by atoms with Gasteiger partial charge in [-0.1, -0.05) is 24.3 Å². The fourth-order valence-electron chi connectivity index (χ4n) is 2.52. The van der Waals surface area contributed by atoms with E-state index in [4.69, 9.17) is 0 Å². The van der Waals surface area contributed by atoms with Crippen molar-refractivity contribution in [2.24, 2.45) is 0 Å². The van der Waals surface area contributed by atoms with Gasteiger partial charge in [-0.25, -0.2) is 4.79 Å². The van der Waals surface area contributed by atoms with Gasteiger partial charge in [0.15, 0.2) is 0 Å². The van der Waals surface area contributed by atoms with Gasteiger partial charge < -0.3 is 15.4 Å². The average Bonchev–Trinajstić information content (AvgIpc) is 2.47. The van der Waals surface area contributed by atoms with Crippen LogP contribution >= 0.6 is 0 Å². The van der Waals surface area contributed by atoms with E-state index in [-0.39, 0.29) is 24.9 Å². The van der Waals surface area contributed by atoms with E-state index < -0.39 is 6.09 Å². The number of methoxy groups -OCH3 is 1. The number of alkyl carbamates (subject to hydrolysis) is 1. The van der Waals surface area contributed by atoms with E-state index in [1.54, 1.807) is 0 Å². The van der Waals surface area contributed by atoms with Crippen molar-refractivity contribution in [1.29, 1.82) is 0 Å². The largest absolute Gasteiger partial charge is 0.453 e. The lowest BCUT2D eigenvalue weighted by Gasteiger charge is -2.26. The molecule has 0 fully saturated rings. The van der Waals surface area contributed by atoms with Crippen molar-refractivity contribution in [3.05, 3.63) is 35.4 Å². The maximum atomic E-state index is 11.9. The van der Waals surface area contributed by atoms with Crippen LogP contribution in [-0.2, 0) is 16.0 Å². The Bertz CT molecular complexity index is 488. The summed E-state index contributed by atoms with van der Waals surface area (Å²) in [5.74, 6) is -0.0527. The zero-order valence-corrected chi connectivity index (χ0v) is 11.6. The van der Waals surface area contributed by atoms with Gasteiger partial charge >= 0.3 is 6.09 Å². The van der Waals surface area contributed by atoms with Crippen LogP contribution in [0, 0.1) is 0 Å². The topological polar surface area (TPSA) is 67.4 Å². The number of carbonyl (C=O) groups excluding carboxylic acids is 2. The van der Waals surface area contributed by atoms with Gasteiger partial charge in [-0.15, -0.1) is 0 Å². The summed E-state index contributed by atoms with van der Waals surface area (Å²) in [6.07, 6.45) is 2.87. The van der Waals surface area contributed by atoms with Crippen molar-refractivity contribution in [3.63, 3.8) is 0 Å². The highest BCUT2D eigenvalue weighted by Crippen LogP contribution is 2.29. The van der Waals surface area contributed by atoms with Gasteiger partial charge in [0.2, 0.25) is 5.91 Å².